The van der Waals surface area contributed by atoms with Crippen LogP contribution in [0.15, 0.2) is 28.4 Å². The van der Waals surface area contributed by atoms with Crippen LogP contribution in [0.25, 0.3) is 0 Å². The van der Waals surface area contributed by atoms with E-state index in [0.29, 0.717) is 0 Å². The summed E-state index contributed by atoms with van der Waals surface area (Å²) >= 11 is 0. The van der Waals surface area contributed by atoms with Crippen LogP contribution in [-0.4, -0.2) is 6.21 Å². The molecular weight excluding hydrogens is 182 g/mol. The SMILES string of the molecule is CC.CC.CC1=C2N=CCCC2CC=C1. The Hall–Kier alpha value is -0.850. The van der Waals surface area contributed by atoms with Gasteiger partial charge in [-0.3, -0.25) is 4.99 Å². The van der Waals surface area contributed by atoms with Crippen LogP contribution in [0.3, 0.4) is 0 Å². The minimum absolute atomic E-state index is 0.727. The summed E-state index contributed by atoms with van der Waals surface area (Å²) in [4.78, 5) is 4.44. The molecule has 2 rings (SSSR count). The maximum Gasteiger partial charge on any atom is 0.0462 e. The van der Waals surface area contributed by atoms with Gasteiger partial charge in [0.15, 0.2) is 0 Å². The number of hydrogen-bond donors (Lipinski definition) is 0. The van der Waals surface area contributed by atoms with E-state index in [1.54, 1.807) is 0 Å². The molecule has 0 aromatic rings. The first kappa shape index (κ1) is 14.2. The Bertz CT molecular complexity index is 246. The van der Waals surface area contributed by atoms with E-state index in [1.807, 2.05) is 27.7 Å². The molecule has 1 aliphatic heterocycles. The van der Waals surface area contributed by atoms with Crippen LogP contribution in [0, 0.1) is 5.92 Å². The lowest BCUT2D eigenvalue weighted by molar-refractivity contribution is 0.553. The number of fused-ring (bicyclic) bond motifs is 1. The Morgan fingerprint density at radius 1 is 1.20 bits per heavy atom. The van der Waals surface area contributed by atoms with Gasteiger partial charge in [0.25, 0.3) is 0 Å². The van der Waals surface area contributed by atoms with E-state index in [-0.39, 0.29) is 0 Å². The van der Waals surface area contributed by atoms with Gasteiger partial charge >= 0.3 is 0 Å². The van der Waals surface area contributed by atoms with Crippen molar-refractivity contribution >= 4 is 6.21 Å². The molecule has 0 bridgehead atoms. The van der Waals surface area contributed by atoms with Gasteiger partial charge in [-0.05, 0) is 31.8 Å². The van der Waals surface area contributed by atoms with E-state index in [2.05, 4.69) is 30.3 Å². The molecule has 1 aliphatic carbocycles. The average Bonchev–Trinajstić information content (AvgIpc) is 2.35. The Balaban J connectivity index is 0.000000442. The summed E-state index contributed by atoms with van der Waals surface area (Å²) in [5.41, 5.74) is 2.69. The van der Waals surface area contributed by atoms with E-state index in [9.17, 15) is 0 Å². The quantitative estimate of drug-likeness (QED) is 0.543. The first-order valence-electron chi connectivity index (χ1n) is 6.28. The fourth-order valence-corrected chi connectivity index (χ4v) is 1.83. The molecular formula is C14H25N. The number of nitrogens with zero attached hydrogens (tertiary/aromatic N) is 1. The highest BCUT2D eigenvalue weighted by molar-refractivity contribution is 5.61. The molecule has 0 fully saturated rings. The van der Waals surface area contributed by atoms with Crippen LogP contribution in [0.1, 0.15) is 53.9 Å². The van der Waals surface area contributed by atoms with Crippen molar-refractivity contribution in [1.82, 2.24) is 0 Å². The fourth-order valence-electron chi connectivity index (χ4n) is 1.83. The van der Waals surface area contributed by atoms with Crippen molar-refractivity contribution < 1.29 is 0 Å². The molecule has 0 amide bonds. The van der Waals surface area contributed by atoms with Gasteiger partial charge in [-0.1, -0.05) is 39.8 Å². The smallest absolute Gasteiger partial charge is 0.0462 e. The third-order valence-electron chi connectivity index (χ3n) is 2.45. The van der Waals surface area contributed by atoms with Gasteiger partial charge in [0, 0.05) is 17.8 Å². The highest BCUT2D eigenvalue weighted by atomic mass is 14.8. The summed E-state index contributed by atoms with van der Waals surface area (Å²) in [6.45, 7) is 10.2. The van der Waals surface area contributed by atoms with Gasteiger partial charge in [0.1, 0.15) is 0 Å². The second-order valence-corrected chi connectivity index (χ2v) is 3.29. The van der Waals surface area contributed by atoms with Crippen LogP contribution in [0.2, 0.25) is 0 Å². The lowest BCUT2D eigenvalue weighted by Crippen LogP contribution is -2.11. The molecule has 0 saturated carbocycles. The van der Waals surface area contributed by atoms with Crippen molar-refractivity contribution in [2.24, 2.45) is 10.9 Å². The molecule has 0 N–H and O–H groups in total. The summed E-state index contributed by atoms with van der Waals surface area (Å²) in [6, 6.07) is 0. The Morgan fingerprint density at radius 2 is 1.87 bits per heavy atom. The molecule has 0 saturated heterocycles. The molecule has 1 heterocycles. The van der Waals surface area contributed by atoms with E-state index in [1.165, 1.54) is 24.1 Å². The summed E-state index contributed by atoms with van der Waals surface area (Å²) in [7, 11) is 0. The minimum atomic E-state index is 0.727. The lowest BCUT2D eigenvalue weighted by atomic mass is 9.88. The molecule has 1 heteroatoms. The monoisotopic (exact) mass is 207 g/mol. The molecule has 0 aromatic heterocycles. The van der Waals surface area contributed by atoms with Gasteiger partial charge < -0.3 is 0 Å². The van der Waals surface area contributed by atoms with Crippen molar-refractivity contribution in [3.8, 4) is 0 Å². The molecule has 86 valence electrons. The number of allylic oxidation sites excluding steroid dienone is 4. The van der Waals surface area contributed by atoms with Crippen LogP contribution in [0.5, 0.6) is 0 Å². The van der Waals surface area contributed by atoms with Gasteiger partial charge in [-0.2, -0.15) is 0 Å². The zero-order valence-electron chi connectivity index (χ0n) is 10.9. The highest BCUT2D eigenvalue weighted by Gasteiger charge is 2.18. The van der Waals surface area contributed by atoms with Crippen molar-refractivity contribution in [2.75, 3.05) is 0 Å². The zero-order chi connectivity index (χ0) is 11.7. The van der Waals surface area contributed by atoms with Crippen molar-refractivity contribution in [3.05, 3.63) is 23.4 Å². The van der Waals surface area contributed by atoms with Crippen LogP contribution >= 0.6 is 0 Å². The van der Waals surface area contributed by atoms with Crippen LogP contribution in [-0.2, 0) is 0 Å². The maximum absolute atomic E-state index is 4.44. The third kappa shape index (κ3) is 4.03. The first-order valence-corrected chi connectivity index (χ1v) is 6.28. The van der Waals surface area contributed by atoms with Gasteiger partial charge in [0.2, 0.25) is 0 Å². The normalized spacial score (nSPS) is 22.1. The Labute approximate surface area is 95.0 Å². The topological polar surface area (TPSA) is 12.4 Å². The number of aliphatic imine (C=N–C) groups is 1. The summed E-state index contributed by atoms with van der Waals surface area (Å²) < 4.78 is 0. The fraction of sp³-hybridized carbons (Fsp3) is 0.643. The van der Waals surface area contributed by atoms with Crippen molar-refractivity contribution in [1.29, 1.82) is 0 Å². The minimum Gasteiger partial charge on any atom is -0.265 e. The molecule has 0 aromatic carbocycles. The summed E-state index contributed by atoms with van der Waals surface area (Å²) in [5, 5.41) is 0. The standard InChI is InChI=1S/C10H13N.2C2H6/c1-8-4-2-5-9-6-3-7-11-10(8)9;2*1-2/h2,4,7,9H,3,5-6H2,1H3;2*1-2H3. The third-order valence-corrected chi connectivity index (χ3v) is 2.45. The Morgan fingerprint density at radius 3 is 2.47 bits per heavy atom. The predicted octanol–water partition coefficient (Wildman–Crippen LogP) is 4.75. The largest absolute Gasteiger partial charge is 0.265 e. The second-order valence-electron chi connectivity index (χ2n) is 3.29. The second kappa shape index (κ2) is 8.46. The van der Waals surface area contributed by atoms with Gasteiger partial charge in [0.05, 0.1) is 0 Å². The number of rotatable bonds is 0. The molecule has 1 unspecified atom stereocenters. The first-order chi connectivity index (χ1) is 7.38. The molecule has 0 spiro atoms. The van der Waals surface area contributed by atoms with E-state index in [0.717, 1.165) is 12.3 Å². The van der Waals surface area contributed by atoms with Gasteiger partial charge in [-0.25, -0.2) is 0 Å². The average molecular weight is 207 g/mol. The molecule has 15 heavy (non-hydrogen) atoms. The molecule has 1 atom stereocenters. The van der Waals surface area contributed by atoms with Crippen LogP contribution in [0.4, 0.5) is 0 Å². The zero-order valence-corrected chi connectivity index (χ0v) is 10.9. The molecule has 2 aliphatic rings. The van der Waals surface area contributed by atoms with E-state index < -0.39 is 0 Å². The number of hydrogen-bond acceptors (Lipinski definition) is 1. The predicted molar refractivity (Wildman–Crippen MR) is 70.4 cm³/mol. The highest BCUT2D eigenvalue weighted by Crippen LogP contribution is 2.31. The van der Waals surface area contributed by atoms with Crippen LogP contribution < -0.4 is 0 Å². The summed E-state index contributed by atoms with van der Waals surface area (Å²) in [6.07, 6.45) is 10.2. The van der Waals surface area contributed by atoms with Crippen molar-refractivity contribution in [2.45, 2.75) is 53.9 Å². The molecule has 1 nitrogen and oxygen atoms in total. The summed E-state index contributed by atoms with van der Waals surface area (Å²) in [5.74, 6) is 0.727. The molecule has 0 radical (unpaired) electrons. The Kier molecular flexibility index (Phi) is 7.98. The van der Waals surface area contributed by atoms with E-state index in [4.69, 9.17) is 0 Å². The van der Waals surface area contributed by atoms with Gasteiger partial charge in [-0.15, -0.1) is 0 Å². The van der Waals surface area contributed by atoms with E-state index >= 15 is 0 Å². The van der Waals surface area contributed by atoms with Crippen molar-refractivity contribution in [3.63, 3.8) is 0 Å². The maximum atomic E-state index is 4.44. The lowest BCUT2D eigenvalue weighted by Gasteiger charge is -2.23.